The molecule has 4 aromatic rings. The normalized spacial score (nSPS) is 21.4. The highest BCUT2D eigenvalue weighted by Gasteiger charge is 2.56. The van der Waals surface area contributed by atoms with E-state index >= 15 is 0 Å². The highest BCUT2D eigenvalue weighted by Crippen LogP contribution is 2.50. The number of amides is 1. The van der Waals surface area contributed by atoms with Crippen molar-refractivity contribution >= 4 is 23.8 Å². The molecule has 3 aliphatic rings. The van der Waals surface area contributed by atoms with Gasteiger partial charge < -0.3 is 14.6 Å². The first kappa shape index (κ1) is 30.2. The fourth-order valence-corrected chi connectivity index (χ4v) is 6.77. The molecule has 2 aliphatic heterocycles. The zero-order valence-corrected chi connectivity index (χ0v) is 26.6. The maximum Gasteiger partial charge on any atom is 0.257 e. The molecule has 2 saturated heterocycles. The van der Waals surface area contributed by atoms with E-state index in [1.165, 1.54) is 0 Å². The van der Waals surface area contributed by atoms with Crippen molar-refractivity contribution in [1.29, 1.82) is 0 Å². The Balaban J connectivity index is 0.000000433. The predicted octanol–water partition coefficient (Wildman–Crippen LogP) is 5.00. The monoisotopic (exact) mass is 613 g/mol. The number of H-pyrrole nitrogens is 1. The van der Waals surface area contributed by atoms with E-state index in [1.54, 1.807) is 6.20 Å². The average Bonchev–Trinajstić information content (AvgIpc) is 3.45. The Morgan fingerprint density at radius 1 is 1.11 bits per heavy atom. The smallest absolute Gasteiger partial charge is 0.257 e. The number of carbonyl (C=O) groups is 2. The number of aromatic nitrogens is 5. The first-order valence-electron chi connectivity index (χ1n) is 15.2. The van der Waals surface area contributed by atoms with Crippen LogP contribution in [0.4, 0.5) is 0 Å². The molecule has 4 heterocycles. The molecule has 3 fully saturated rings. The molecule has 1 N–H and O–H groups in total. The Hall–Kier alpha value is -3.82. The van der Waals surface area contributed by atoms with Crippen LogP contribution >= 0.6 is 11.6 Å². The molecule has 9 nitrogen and oxygen atoms in total. The van der Waals surface area contributed by atoms with Gasteiger partial charge in [-0.25, -0.2) is 4.98 Å². The third kappa shape index (κ3) is 6.35. The van der Waals surface area contributed by atoms with Crippen LogP contribution in [0.2, 0.25) is 5.02 Å². The molecular formula is C34H40ClN7O2. The summed E-state index contributed by atoms with van der Waals surface area (Å²) in [5.41, 5.74) is 4.23. The van der Waals surface area contributed by atoms with E-state index in [1.807, 2.05) is 53.0 Å². The van der Waals surface area contributed by atoms with E-state index in [-0.39, 0.29) is 17.2 Å². The molecule has 44 heavy (non-hydrogen) atoms. The van der Waals surface area contributed by atoms with Gasteiger partial charge in [-0.3, -0.25) is 14.6 Å². The molecule has 2 aromatic carbocycles. The zero-order chi connectivity index (χ0) is 31.1. The number of nitrogens with one attached hydrogen (secondary N) is 1. The number of rotatable bonds is 7. The standard InChI is InChI=1S/C28H30ClN7O.C6H10O/c1-19-8-9-21(10-24(19)29)11-25-31-26(33-32-25)23-15-35(18-28(23)16-34(2)17-28)27(37)22-12-30-36(14-22)13-20-6-4-3-5-7-20;1-6(2)3-5(6)4-7/h3-10,12,14,23H,11,13,15-18H2,1-2H3,(H,31,32,33);4-5H,3H2,1-2H3. The van der Waals surface area contributed by atoms with Gasteiger partial charge in [-0.1, -0.05) is 67.9 Å². The number of hydrogen-bond acceptors (Lipinski definition) is 6. The summed E-state index contributed by atoms with van der Waals surface area (Å²) < 4.78 is 1.82. The van der Waals surface area contributed by atoms with Gasteiger partial charge in [-0.05, 0) is 48.6 Å². The highest BCUT2D eigenvalue weighted by atomic mass is 35.5. The van der Waals surface area contributed by atoms with Gasteiger partial charge in [0.15, 0.2) is 5.82 Å². The van der Waals surface area contributed by atoms with Crippen LogP contribution in [0.3, 0.4) is 0 Å². The van der Waals surface area contributed by atoms with E-state index in [9.17, 15) is 9.59 Å². The highest BCUT2D eigenvalue weighted by molar-refractivity contribution is 6.31. The lowest BCUT2D eigenvalue weighted by Gasteiger charge is -2.48. The first-order valence-corrected chi connectivity index (χ1v) is 15.6. The number of likely N-dealkylation sites (tertiary alicyclic amines) is 2. The van der Waals surface area contributed by atoms with Crippen molar-refractivity contribution in [2.45, 2.75) is 46.1 Å². The van der Waals surface area contributed by atoms with Crippen LogP contribution in [-0.4, -0.2) is 80.2 Å². The van der Waals surface area contributed by atoms with Crippen molar-refractivity contribution in [3.63, 3.8) is 0 Å². The Kier molecular flexibility index (Phi) is 8.20. The lowest BCUT2D eigenvalue weighted by Crippen LogP contribution is -2.58. The summed E-state index contributed by atoms with van der Waals surface area (Å²) in [7, 11) is 2.12. The van der Waals surface area contributed by atoms with Crippen LogP contribution in [0, 0.1) is 23.7 Å². The van der Waals surface area contributed by atoms with Crippen molar-refractivity contribution in [3.05, 3.63) is 99.8 Å². The first-order chi connectivity index (χ1) is 21.0. The lowest BCUT2D eigenvalue weighted by molar-refractivity contribution is -0.109. The maximum atomic E-state index is 13.5. The average molecular weight is 614 g/mol. The molecular weight excluding hydrogens is 574 g/mol. The quantitative estimate of drug-likeness (QED) is 0.294. The summed E-state index contributed by atoms with van der Waals surface area (Å²) >= 11 is 6.31. The Morgan fingerprint density at radius 2 is 1.86 bits per heavy atom. The zero-order valence-electron chi connectivity index (χ0n) is 25.8. The molecule has 2 unspecified atom stereocenters. The fourth-order valence-electron chi connectivity index (χ4n) is 6.57. The van der Waals surface area contributed by atoms with Crippen molar-refractivity contribution in [3.8, 4) is 0 Å². The van der Waals surface area contributed by atoms with Gasteiger partial charge in [-0.15, -0.1) is 0 Å². The molecule has 1 aliphatic carbocycles. The van der Waals surface area contributed by atoms with Crippen LogP contribution in [0.1, 0.15) is 64.9 Å². The van der Waals surface area contributed by atoms with Crippen LogP contribution in [0.5, 0.6) is 0 Å². The van der Waals surface area contributed by atoms with Gasteiger partial charge in [0.1, 0.15) is 12.1 Å². The molecule has 2 atom stereocenters. The maximum absolute atomic E-state index is 13.5. The minimum Gasteiger partial charge on any atom is -0.337 e. The second kappa shape index (κ2) is 11.9. The number of hydrogen-bond donors (Lipinski definition) is 1. The summed E-state index contributed by atoms with van der Waals surface area (Å²) in [6.45, 7) is 10.0. The molecule has 2 aromatic heterocycles. The number of nitrogens with zero attached hydrogens (tertiary/aromatic N) is 6. The number of aryl methyl sites for hydroxylation is 1. The van der Waals surface area contributed by atoms with E-state index in [0.717, 1.165) is 59.2 Å². The number of benzene rings is 2. The summed E-state index contributed by atoms with van der Waals surface area (Å²) in [5, 5.41) is 12.9. The van der Waals surface area contributed by atoms with Crippen LogP contribution in [0.15, 0.2) is 60.9 Å². The number of halogens is 1. The molecule has 10 heteroatoms. The van der Waals surface area contributed by atoms with Gasteiger partial charge in [0.25, 0.3) is 5.91 Å². The van der Waals surface area contributed by atoms with Crippen LogP contribution in [-0.2, 0) is 17.8 Å². The third-order valence-corrected chi connectivity index (χ3v) is 9.80. The Morgan fingerprint density at radius 3 is 2.50 bits per heavy atom. The Bertz CT molecular complexity index is 1640. The van der Waals surface area contributed by atoms with Gasteiger partial charge in [0.05, 0.1) is 18.3 Å². The van der Waals surface area contributed by atoms with E-state index in [2.05, 4.69) is 59.3 Å². The topological polar surface area (TPSA) is 100 Å². The third-order valence-electron chi connectivity index (χ3n) is 9.39. The largest absolute Gasteiger partial charge is 0.337 e. The predicted molar refractivity (Wildman–Crippen MR) is 170 cm³/mol. The lowest BCUT2D eigenvalue weighted by atomic mass is 9.71. The molecule has 0 bridgehead atoms. The van der Waals surface area contributed by atoms with Crippen molar-refractivity contribution in [1.82, 2.24) is 34.8 Å². The summed E-state index contributed by atoms with van der Waals surface area (Å²) in [5.74, 6) is 2.06. The van der Waals surface area contributed by atoms with Gasteiger partial charge in [-0.2, -0.15) is 10.2 Å². The Labute approximate surface area is 263 Å². The molecule has 7 rings (SSSR count). The number of aromatic amines is 1. The summed E-state index contributed by atoms with van der Waals surface area (Å²) in [6, 6.07) is 16.2. The van der Waals surface area contributed by atoms with Crippen LogP contribution in [0.25, 0.3) is 0 Å². The molecule has 230 valence electrons. The van der Waals surface area contributed by atoms with Crippen molar-refractivity contribution < 1.29 is 9.59 Å². The number of aldehydes is 1. The van der Waals surface area contributed by atoms with E-state index in [4.69, 9.17) is 16.6 Å². The van der Waals surface area contributed by atoms with Crippen molar-refractivity contribution in [2.75, 3.05) is 33.2 Å². The second-order valence-corrected chi connectivity index (χ2v) is 13.9. The summed E-state index contributed by atoms with van der Waals surface area (Å²) in [4.78, 5) is 32.6. The van der Waals surface area contributed by atoms with Gasteiger partial charge >= 0.3 is 0 Å². The van der Waals surface area contributed by atoms with Gasteiger partial charge in [0.2, 0.25) is 0 Å². The fraction of sp³-hybridized carbons (Fsp3) is 0.441. The molecule has 1 spiro atoms. The number of carbonyl (C=O) groups excluding carboxylic acids is 2. The molecule has 1 amide bonds. The van der Waals surface area contributed by atoms with Crippen LogP contribution < -0.4 is 0 Å². The van der Waals surface area contributed by atoms with Crippen molar-refractivity contribution in [2.24, 2.45) is 16.7 Å². The van der Waals surface area contributed by atoms with E-state index < -0.39 is 0 Å². The van der Waals surface area contributed by atoms with E-state index in [0.29, 0.717) is 43.0 Å². The minimum atomic E-state index is -0.0307. The SMILES string of the molecule is CC1(C)CC1C=O.Cc1ccc(Cc2nc(C3CN(C(=O)c4cnn(Cc5ccccc5)c4)CC34CN(C)C4)n[nH]2)cc1Cl. The molecule has 1 saturated carbocycles. The summed E-state index contributed by atoms with van der Waals surface area (Å²) in [6.07, 6.45) is 6.31. The minimum absolute atomic E-state index is 0.0146. The second-order valence-electron chi connectivity index (χ2n) is 13.5. The van der Waals surface area contributed by atoms with Gasteiger partial charge in [0, 0.05) is 61.1 Å². The molecule has 0 radical (unpaired) electrons.